The van der Waals surface area contributed by atoms with E-state index in [-0.39, 0.29) is 5.96 Å². The summed E-state index contributed by atoms with van der Waals surface area (Å²) in [6.45, 7) is 5.45. The number of hydrogen-bond donors (Lipinski definition) is 2. The van der Waals surface area contributed by atoms with E-state index in [0.29, 0.717) is 19.0 Å². The largest absolute Gasteiger partial charge is 0.490 e. The Hall–Kier alpha value is -2.48. The van der Waals surface area contributed by atoms with Crippen LogP contribution in [0.4, 0.5) is 0 Å². The van der Waals surface area contributed by atoms with E-state index >= 15 is 0 Å². The Morgan fingerprint density at radius 2 is 2.00 bits per heavy atom. The SMILES string of the molecule is CCCCOc1c(OCCC)cccc1-n1cc(Br)cc1C=NN=C(N)N. The molecule has 0 bridgehead atoms. The van der Waals surface area contributed by atoms with E-state index in [1.54, 1.807) is 6.21 Å². The van der Waals surface area contributed by atoms with Crippen LogP contribution in [-0.4, -0.2) is 30.0 Å². The first-order valence-corrected chi connectivity index (χ1v) is 9.75. The van der Waals surface area contributed by atoms with Crippen molar-refractivity contribution in [3.05, 3.63) is 40.6 Å². The quantitative estimate of drug-likeness (QED) is 0.256. The molecule has 0 spiro atoms. The van der Waals surface area contributed by atoms with Crippen molar-refractivity contribution in [1.29, 1.82) is 0 Å². The van der Waals surface area contributed by atoms with Crippen molar-refractivity contribution in [2.24, 2.45) is 21.7 Å². The first-order chi connectivity index (χ1) is 13.1. The van der Waals surface area contributed by atoms with Gasteiger partial charge in [0.2, 0.25) is 5.96 Å². The number of aromatic nitrogens is 1. The summed E-state index contributed by atoms with van der Waals surface area (Å²) in [5.41, 5.74) is 12.3. The number of ether oxygens (including phenoxy) is 2. The lowest BCUT2D eigenvalue weighted by molar-refractivity contribution is 0.264. The fourth-order valence-corrected chi connectivity index (χ4v) is 2.83. The minimum absolute atomic E-state index is 0.0954. The number of benzene rings is 1. The van der Waals surface area contributed by atoms with Crippen molar-refractivity contribution < 1.29 is 9.47 Å². The van der Waals surface area contributed by atoms with Crippen LogP contribution in [-0.2, 0) is 0 Å². The fraction of sp³-hybridized carbons (Fsp3) is 0.368. The third kappa shape index (κ3) is 6.02. The molecule has 0 atom stereocenters. The molecule has 0 saturated heterocycles. The summed E-state index contributed by atoms with van der Waals surface area (Å²) in [5.74, 6) is 1.34. The van der Waals surface area contributed by atoms with Gasteiger partial charge in [0.15, 0.2) is 11.5 Å². The molecule has 2 rings (SSSR count). The molecule has 146 valence electrons. The number of rotatable bonds is 10. The summed E-state index contributed by atoms with van der Waals surface area (Å²) < 4.78 is 14.8. The fourth-order valence-electron chi connectivity index (χ4n) is 2.39. The Bertz CT molecular complexity index is 797. The monoisotopic (exact) mass is 435 g/mol. The second-order valence-corrected chi connectivity index (χ2v) is 6.79. The first-order valence-electron chi connectivity index (χ1n) is 8.95. The zero-order valence-corrected chi connectivity index (χ0v) is 17.3. The highest BCUT2D eigenvalue weighted by atomic mass is 79.9. The maximum Gasteiger partial charge on any atom is 0.211 e. The molecule has 0 amide bonds. The van der Waals surface area contributed by atoms with Crippen LogP contribution in [0.15, 0.2) is 45.1 Å². The summed E-state index contributed by atoms with van der Waals surface area (Å²) in [4.78, 5) is 0. The van der Waals surface area contributed by atoms with E-state index in [2.05, 4.69) is 40.0 Å². The zero-order valence-electron chi connectivity index (χ0n) is 15.7. The van der Waals surface area contributed by atoms with Gasteiger partial charge in [0, 0.05) is 10.7 Å². The van der Waals surface area contributed by atoms with E-state index in [1.165, 1.54) is 0 Å². The Morgan fingerprint density at radius 3 is 2.70 bits per heavy atom. The molecule has 27 heavy (non-hydrogen) atoms. The highest BCUT2D eigenvalue weighted by molar-refractivity contribution is 9.10. The molecule has 4 N–H and O–H groups in total. The lowest BCUT2D eigenvalue weighted by atomic mass is 10.2. The van der Waals surface area contributed by atoms with Crippen LogP contribution in [0.3, 0.4) is 0 Å². The highest BCUT2D eigenvalue weighted by Crippen LogP contribution is 2.36. The third-order valence-corrected chi connectivity index (χ3v) is 4.04. The number of nitrogens with two attached hydrogens (primary N) is 2. The van der Waals surface area contributed by atoms with Gasteiger partial charge < -0.3 is 25.5 Å². The molecular weight excluding hydrogens is 410 g/mol. The van der Waals surface area contributed by atoms with Crippen molar-refractivity contribution in [1.82, 2.24) is 4.57 Å². The number of guanidine groups is 1. The van der Waals surface area contributed by atoms with Gasteiger partial charge in [0.05, 0.1) is 30.8 Å². The molecule has 8 heteroatoms. The summed E-state index contributed by atoms with van der Waals surface area (Å²) in [6.07, 6.45) is 6.46. The minimum atomic E-state index is -0.0954. The van der Waals surface area contributed by atoms with E-state index in [1.807, 2.05) is 35.0 Å². The second kappa shape index (κ2) is 10.6. The molecule has 2 aromatic rings. The van der Waals surface area contributed by atoms with Crippen molar-refractivity contribution in [3.8, 4) is 17.2 Å². The van der Waals surface area contributed by atoms with E-state index in [0.717, 1.165) is 40.9 Å². The molecule has 0 unspecified atom stereocenters. The summed E-state index contributed by atoms with van der Waals surface area (Å²) in [6, 6.07) is 7.76. The second-order valence-electron chi connectivity index (χ2n) is 5.88. The van der Waals surface area contributed by atoms with Gasteiger partial charge in [0.1, 0.15) is 0 Å². The van der Waals surface area contributed by atoms with Crippen LogP contribution >= 0.6 is 15.9 Å². The van der Waals surface area contributed by atoms with Gasteiger partial charge in [-0.2, -0.15) is 5.10 Å². The first kappa shape index (κ1) is 20.8. The van der Waals surface area contributed by atoms with Crippen LogP contribution in [0.1, 0.15) is 38.8 Å². The summed E-state index contributed by atoms with van der Waals surface area (Å²) in [7, 11) is 0. The predicted molar refractivity (Wildman–Crippen MR) is 113 cm³/mol. The van der Waals surface area contributed by atoms with Crippen molar-refractivity contribution in [2.45, 2.75) is 33.1 Å². The number of unbranched alkanes of at least 4 members (excludes halogenated alkanes) is 1. The Morgan fingerprint density at radius 1 is 1.19 bits per heavy atom. The average molecular weight is 436 g/mol. The van der Waals surface area contributed by atoms with Gasteiger partial charge in [-0.15, -0.1) is 5.10 Å². The molecule has 0 aliphatic heterocycles. The van der Waals surface area contributed by atoms with Crippen LogP contribution in [0.2, 0.25) is 0 Å². The average Bonchev–Trinajstić information content (AvgIpc) is 3.00. The normalized spacial score (nSPS) is 10.9. The molecule has 7 nitrogen and oxygen atoms in total. The molecular formula is C19H26BrN5O2. The van der Waals surface area contributed by atoms with E-state index < -0.39 is 0 Å². The molecule has 1 aromatic carbocycles. The highest BCUT2D eigenvalue weighted by Gasteiger charge is 2.15. The molecule has 0 aliphatic rings. The van der Waals surface area contributed by atoms with Crippen molar-refractivity contribution in [2.75, 3.05) is 13.2 Å². The Kier molecular flexibility index (Phi) is 8.19. The van der Waals surface area contributed by atoms with Gasteiger partial charge in [-0.1, -0.05) is 26.3 Å². The topological polar surface area (TPSA) is 100 Å². The van der Waals surface area contributed by atoms with Crippen LogP contribution in [0.25, 0.3) is 5.69 Å². The van der Waals surface area contributed by atoms with Crippen LogP contribution in [0.5, 0.6) is 11.5 Å². The Balaban J connectivity index is 2.47. The standard InChI is InChI=1S/C19H26BrN5O2/c1-3-5-10-27-18-16(7-6-8-17(18)26-9-4-2)25-13-14(20)11-15(25)12-23-24-19(21)22/h6-8,11-13H,3-5,9-10H2,1-2H3,(H4,21,22,24). The van der Waals surface area contributed by atoms with Gasteiger partial charge in [-0.05, 0) is 47.0 Å². The van der Waals surface area contributed by atoms with Crippen molar-refractivity contribution >= 4 is 28.1 Å². The van der Waals surface area contributed by atoms with Gasteiger partial charge >= 0.3 is 0 Å². The third-order valence-electron chi connectivity index (χ3n) is 3.60. The van der Waals surface area contributed by atoms with Crippen LogP contribution in [0, 0.1) is 0 Å². The zero-order chi connectivity index (χ0) is 19.6. The van der Waals surface area contributed by atoms with E-state index in [9.17, 15) is 0 Å². The van der Waals surface area contributed by atoms with E-state index in [4.69, 9.17) is 20.9 Å². The summed E-state index contributed by atoms with van der Waals surface area (Å²) >= 11 is 3.51. The Labute approximate surface area is 168 Å². The molecule has 0 saturated carbocycles. The molecule has 0 aliphatic carbocycles. The lowest BCUT2D eigenvalue weighted by Gasteiger charge is -2.17. The van der Waals surface area contributed by atoms with Gasteiger partial charge in [-0.3, -0.25) is 0 Å². The predicted octanol–water partition coefficient (Wildman–Crippen LogP) is 3.81. The molecule has 1 heterocycles. The summed E-state index contributed by atoms with van der Waals surface area (Å²) in [5, 5.41) is 7.58. The van der Waals surface area contributed by atoms with Crippen molar-refractivity contribution in [3.63, 3.8) is 0 Å². The van der Waals surface area contributed by atoms with Gasteiger partial charge in [0.25, 0.3) is 0 Å². The smallest absolute Gasteiger partial charge is 0.211 e. The number of halogens is 1. The minimum Gasteiger partial charge on any atom is -0.490 e. The lowest BCUT2D eigenvalue weighted by Crippen LogP contribution is -2.21. The molecule has 1 aromatic heterocycles. The number of hydrogen-bond acceptors (Lipinski definition) is 4. The number of para-hydroxylation sites is 1. The van der Waals surface area contributed by atoms with Gasteiger partial charge in [-0.25, -0.2) is 0 Å². The van der Waals surface area contributed by atoms with Crippen LogP contribution < -0.4 is 20.9 Å². The maximum absolute atomic E-state index is 6.09. The molecule has 0 radical (unpaired) electrons. The number of nitrogens with zero attached hydrogens (tertiary/aromatic N) is 3. The maximum atomic E-state index is 6.09. The molecule has 0 fully saturated rings.